The maximum Gasteiger partial charge on any atom is 0.270 e. The second-order valence-corrected chi connectivity index (χ2v) is 5.23. The smallest absolute Gasteiger partial charge is 0.270 e. The number of nitrogens with zero attached hydrogens (tertiary/aromatic N) is 1. The Morgan fingerprint density at radius 1 is 1.53 bits per heavy atom. The van der Waals surface area contributed by atoms with Crippen molar-refractivity contribution in [3.8, 4) is 0 Å². The highest BCUT2D eigenvalue weighted by Crippen LogP contribution is 2.17. The van der Waals surface area contributed by atoms with Crippen LogP contribution in [0.5, 0.6) is 0 Å². The fourth-order valence-electron chi connectivity index (χ4n) is 1.15. The molecule has 0 saturated carbocycles. The van der Waals surface area contributed by atoms with E-state index in [9.17, 15) is 18.5 Å². The summed E-state index contributed by atoms with van der Waals surface area (Å²) in [5, 5.41) is 10.5. The third kappa shape index (κ3) is 3.48. The maximum absolute atomic E-state index is 11.8. The molecule has 8 heteroatoms. The first-order valence-electron chi connectivity index (χ1n) is 4.83. The average Bonchev–Trinajstić information content (AvgIpc) is 2.28. The summed E-state index contributed by atoms with van der Waals surface area (Å²) in [6.07, 6.45) is 0. The maximum atomic E-state index is 11.8. The molecule has 0 radical (unpaired) electrons. The topological polar surface area (TPSA) is 115 Å². The van der Waals surface area contributed by atoms with Crippen LogP contribution in [0.4, 0.5) is 5.69 Å². The minimum Gasteiger partial charge on any atom is -0.329 e. The van der Waals surface area contributed by atoms with E-state index in [2.05, 4.69) is 4.72 Å². The predicted octanol–water partition coefficient (Wildman–Crippen LogP) is 0.220. The second kappa shape index (κ2) is 5.21. The molecule has 0 spiro atoms. The number of nitro benzene ring substituents is 1. The molecular formula is C9H13N3O4S. The van der Waals surface area contributed by atoms with Crippen LogP contribution in [-0.4, -0.2) is 25.9 Å². The summed E-state index contributed by atoms with van der Waals surface area (Å²) in [6, 6.07) is 4.41. The van der Waals surface area contributed by atoms with E-state index in [-0.39, 0.29) is 17.1 Å². The zero-order chi connectivity index (χ0) is 13.1. The molecule has 0 unspecified atom stereocenters. The van der Waals surface area contributed by atoms with Gasteiger partial charge in [0, 0.05) is 24.7 Å². The molecule has 0 heterocycles. The number of sulfonamides is 1. The number of non-ortho nitro benzene ring substituents is 1. The third-order valence-corrected chi connectivity index (χ3v) is 3.64. The van der Waals surface area contributed by atoms with E-state index in [1.54, 1.807) is 6.92 Å². The van der Waals surface area contributed by atoms with Crippen LogP contribution in [0.25, 0.3) is 0 Å². The van der Waals surface area contributed by atoms with Gasteiger partial charge in [0.25, 0.3) is 5.69 Å². The lowest BCUT2D eigenvalue weighted by Crippen LogP contribution is -2.37. The molecule has 1 aromatic rings. The van der Waals surface area contributed by atoms with Crippen LogP contribution in [-0.2, 0) is 10.0 Å². The van der Waals surface area contributed by atoms with E-state index >= 15 is 0 Å². The van der Waals surface area contributed by atoms with Gasteiger partial charge >= 0.3 is 0 Å². The summed E-state index contributed by atoms with van der Waals surface area (Å²) in [5.41, 5.74) is 5.03. The van der Waals surface area contributed by atoms with Gasteiger partial charge in [0.05, 0.1) is 9.82 Å². The van der Waals surface area contributed by atoms with Gasteiger partial charge in [-0.25, -0.2) is 13.1 Å². The first-order chi connectivity index (χ1) is 7.86. The molecule has 0 amide bonds. The van der Waals surface area contributed by atoms with Crippen LogP contribution >= 0.6 is 0 Å². The Kier molecular flexibility index (Phi) is 4.16. The molecule has 7 nitrogen and oxygen atoms in total. The largest absolute Gasteiger partial charge is 0.329 e. The van der Waals surface area contributed by atoms with Gasteiger partial charge in [-0.15, -0.1) is 0 Å². The van der Waals surface area contributed by atoms with Crippen molar-refractivity contribution in [3.05, 3.63) is 34.4 Å². The highest BCUT2D eigenvalue weighted by molar-refractivity contribution is 7.89. The monoisotopic (exact) mass is 259 g/mol. The van der Waals surface area contributed by atoms with Crippen molar-refractivity contribution in [2.24, 2.45) is 5.73 Å². The van der Waals surface area contributed by atoms with Crippen molar-refractivity contribution in [3.63, 3.8) is 0 Å². The van der Waals surface area contributed by atoms with Crippen molar-refractivity contribution < 1.29 is 13.3 Å². The van der Waals surface area contributed by atoms with E-state index < -0.39 is 21.0 Å². The van der Waals surface area contributed by atoms with Crippen molar-refractivity contribution in [1.82, 2.24) is 4.72 Å². The summed E-state index contributed by atoms with van der Waals surface area (Å²) < 4.78 is 25.9. The number of nitrogens with one attached hydrogen (secondary N) is 1. The highest BCUT2D eigenvalue weighted by Gasteiger charge is 2.19. The van der Waals surface area contributed by atoms with E-state index in [0.29, 0.717) is 0 Å². The normalized spacial score (nSPS) is 13.3. The number of rotatable bonds is 5. The Bertz CT molecular complexity index is 515. The zero-order valence-electron chi connectivity index (χ0n) is 9.16. The minimum atomic E-state index is -3.76. The van der Waals surface area contributed by atoms with E-state index in [1.165, 1.54) is 18.2 Å². The summed E-state index contributed by atoms with van der Waals surface area (Å²) >= 11 is 0. The van der Waals surface area contributed by atoms with Crippen molar-refractivity contribution in [2.45, 2.75) is 17.9 Å². The fourth-order valence-corrected chi connectivity index (χ4v) is 2.44. The van der Waals surface area contributed by atoms with Gasteiger partial charge in [-0.1, -0.05) is 6.07 Å². The second-order valence-electron chi connectivity index (χ2n) is 3.51. The van der Waals surface area contributed by atoms with Crippen LogP contribution in [0.3, 0.4) is 0 Å². The minimum absolute atomic E-state index is 0.146. The van der Waals surface area contributed by atoms with Crippen molar-refractivity contribution in [1.29, 1.82) is 0 Å². The third-order valence-electron chi connectivity index (χ3n) is 2.05. The van der Waals surface area contributed by atoms with E-state index in [0.717, 1.165) is 6.07 Å². The van der Waals surface area contributed by atoms with Crippen molar-refractivity contribution in [2.75, 3.05) is 6.54 Å². The number of nitro groups is 1. The number of hydrogen-bond donors (Lipinski definition) is 2. The quantitative estimate of drug-likeness (QED) is 0.579. The van der Waals surface area contributed by atoms with E-state index in [1.807, 2.05) is 0 Å². The lowest BCUT2D eigenvalue weighted by atomic mass is 10.3. The van der Waals surface area contributed by atoms with Crippen LogP contribution < -0.4 is 10.5 Å². The number of hydrogen-bond acceptors (Lipinski definition) is 5. The number of benzene rings is 1. The predicted molar refractivity (Wildman–Crippen MR) is 61.9 cm³/mol. The summed E-state index contributed by atoms with van der Waals surface area (Å²) in [5.74, 6) is 0. The summed E-state index contributed by atoms with van der Waals surface area (Å²) in [7, 11) is -3.76. The first-order valence-corrected chi connectivity index (χ1v) is 6.32. The molecule has 17 heavy (non-hydrogen) atoms. The van der Waals surface area contributed by atoms with Gasteiger partial charge in [-0.05, 0) is 13.0 Å². The van der Waals surface area contributed by atoms with Crippen LogP contribution in [0.15, 0.2) is 29.2 Å². The molecule has 94 valence electrons. The Morgan fingerprint density at radius 3 is 2.71 bits per heavy atom. The molecule has 0 bridgehead atoms. The molecule has 1 aromatic carbocycles. The molecule has 0 aromatic heterocycles. The van der Waals surface area contributed by atoms with Crippen LogP contribution in [0.2, 0.25) is 0 Å². The molecule has 0 saturated heterocycles. The van der Waals surface area contributed by atoms with Gasteiger partial charge in [0.15, 0.2) is 0 Å². The number of nitrogens with two attached hydrogens (primary N) is 1. The average molecular weight is 259 g/mol. The molecule has 0 aliphatic heterocycles. The Labute approximate surface area is 98.8 Å². The lowest BCUT2D eigenvalue weighted by Gasteiger charge is -2.11. The summed E-state index contributed by atoms with van der Waals surface area (Å²) in [6.45, 7) is 1.75. The van der Waals surface area contributed by atoms with Gasteiger partial charge in [-0.2, -0.15) is 0 Å². The molecule has 0 aliphatic carbocycles. The Hall–Kier alpha value is -1.51. The molecule has 3 N–H and O–H groups in total. The van der Waals surface area contributed by atoms with Gasteiger partial charge in [0.2, 0.25) is 10.0 Å². The molecular weight excluding hydrogens is 246 g/mol. The highest BCUT2D eigenvalue weighted by atomic mass is 32.2. The molecule has 1 rings (SSSR count). The van der Waals surface area contributed by atoms with Crippen molar-refractivity contribution >= 4 is 15.7 Å². The first kappa shape index (κ1) is 13.6. The fraction of sp³-hybridized carbons (Fsp3) is 0.333. The Morgan fingerprint density at radius 2 is 2.18 bits per heavy atom. The Balaban J connectivity index is 3.07. The summed E-state index contributed by atoms with van der Waals surface area (Å²) in [4.78, 5) is 9.74. The van der Waals surface area contributed by atoms with Crippen LogP contribution in [0, 0.1) is 10.1 Å². The zero-order valence-corrected chi connectivity index (χ0v) is 9.98. The van der Waals surface area contributed by atoms with E-state index in [4.69, 9.17) is 5.73 Å². The van der Waals surface area contributed by atoms with Gasteiger partial charge < -0.3 is 5.73 Å². The standard InChI is InChI=1S/C9H13N3O4S/c1-7(6-10)11-17(15,16)9-4-2-3-8(5-9)12(13)14/h2-5,7,11H,6,10H2,1H3/t7-/m1/s1. The van der Waals surface area contributed by atoms with Gasteiger partial charge in [-0.3, -0.25) is 10.1 Å². The lowest BCUT2D eigenvalue weighted by molar-refractivity contribution is -0.385. The SMILES string of the molecule is C[C@H](CN)NS(=O)(=O)c1cccc([N+](=O)[O-])c1. The van der Waals surface area contributed by atoms with Gasteiger partial charge in [0.1, 0.15) is 0 Å². The molecule has 0 fully saturated rings. The molecule has 1 atom stereocenters. The van der Waals surface area contributed by atoms with Crippen LogP contribution in [0.1, 0.15) is 6.92 Å². The molecule has 0 aliphatic rings.